The Kier molecular flexibility index (Phi) is 6.36. The van der Waals surface area contributed by atoms with Crippen LogP contribution in [0.25, 0.3) is 75.1 Å². The van der Waals surface area contributed by atoms with Crippen molar-refractivity contribution < 1.29 is 4.42 Å². The van der Waals surface area contributed by atoms with E-state index in [2.05, 4.69) is 162 Å². The zero-order chi connectivity index (χ0) is 32.3. The summed E-state index contributed by atoms with van der Waals surface area (Å²) >= 11 is 1.86. The summed E-state index contributed by atoms with van der Waals surface area (Å²) < 4.78 is 9.33. The number of anilines is 3. The molecule has 3 aromatic heterocycles. The highest BCUT2D eigenvalue weighted by Crippen LogP contribution is 2.47. The molecule has 10 rings (SSSR count). The normalized spacial score (nSPS) is 11.7. The Balaban J connectivity index is 1.22. The molecule has 4 heteroatoms. The zero-order valence-corrected chi connectivity index (χ0v) is 27.2. The molecule has 0 aliphatic carbocycles. The number of aromatic nitrogens is 1. The summed E-state index contributed by atoms with van der Waals surface area (Å²) in [7, 11) is 0. The summed E-state index contributed by atoms with van der Waals surface area (Å²) in [6.07, 6.45) is 3.74. The molecule has 0 unspecified atom stereocenters. The first-order chi connectivity index (χ1) is 24.3. The molecule has 0 bridgehead atoms. The van der Waals surface area contributed by atoms with Gasteiger partial charge in [-0.2, -0.15) is 0 Å². The van der Waals surface area contributed by atoms with Gasteiger partial charge < -0.3 is 9.32 Å². The van der Waals surface area contributed by atoms with Gasteiger partial charge in [-0.25, -0.2) is 0 Å². The van der Waals surface area contributed by atoms with Gasteiger partial charge in [0.2, 0.25) is 0 Å². The number of pyridine rings is 1. The number of para-hydroxylation sites is 1. The van der Waals surface area contributed by atoms with Crippen LogP contribution in [0.2, 0.25) is 0 Å². The Hall–Kier alpha value is -6.23. The molecule has 3 heterocycles. The summed E-state index contributed by atoms with van der Waals surface area (Å²) in [5.74, 6) is 0. The number of nitrogens with zero attached hydrogens (tertiary/aromatic N) is 2. The van der Waals surface area contributed by atoms with Gasteiger partial charge >= 0.3 is 0 Å². The van der Waals surface area contributed by atoms with E-state index in [-0.39, 0.29) is 0 Å². The standard InChI is InChI=1S/C45H28N2OS/c1-2-14-31(15-3-1)47(32-16-8-12-29(26-32)34-21-9-22-38-36-18-6-7-24-42(36)49-45(34)38)39-27-41-44(37-19-5-4-17-35(37)39)43-33(20-10-23-40(43)48-41)30-13-11-25-46-28-30/h1-28H. The van der Waals surface area contributed by atoms with E-state index in [1.54, 1.807) is 0 Å². The van der Waals surface area contributed by atoms with E-state index in [0.29, 0.717) is 0 Å². The zero-order valence-electron chi connectivity index (χ0n) is 26.4. The lowest BCUT2D eigenvalue weighted by Crippen LogP contribution is -2.10. The molecule has 0 aliphatic heterocycles. The fourth-order valence-corrected chi connectivity index (χ4v) is 8.64. The first-order valence-corrected chi connectivity index (χ1v) is 17.3. The second-order valence-corrected chi connectivity index (χ2v) is 13.4. The van der Waals surface area contributed by atoms with Gasteiger partial charge in [0.05, 0.1) is 5.69 Å². The fraction of sp³-hybridized carbons (Fsp3) is 0. The van der Waals surface area contributed by atoms with Crippen LogP contribution in [0.4, 0.5) is 17.1 Å². The SMILES string of the molecule is c1ccc(N(c2cccc(-c3cccc4c3sc3ccccc34)c2)c2cc3oc4cccc(-c5cccnc5)c4c3c3ccccc23)cc1. The molecule has 0 N–H and O–H groups in total. The van der Waals surface area contributed by atoms with Crippen molar-refractivity contribution in [3.8, 4) is 22.3 Å². The number of hydrogen-bond acceptors (Lipinski definition) is 4. The molecule has 10 aromatic rings. The second-order valence-electron chi connectivity index (χ2n) is 12.3. The van der Waals surface area contributed by atoms with Crippen LogP contribution in [0.1, 0.15) is 0 Å². The van der Waals surface area contributed by atoms with Gasteiger partial charge in [-0.1, -0.05) is 109 Å². The highest BCUT2D eigenvalue weighted by molar-refractivity contribution is 7.26. The average molecular weight is 645 g/mol. The quantitative estimate of drug-likeness (QED) is 0.187. The van der Waals surface area contributed by atoms with E-state index >= 15 is 0 Å². The fourth-order valence-electron chi connectivity index (χ4n) is 7.40. The lowest BCUT2D eigenvalue weighted by atomic mass is 9.96. The van der Waals surface area contributed by atoms with Gasteiger partial charge in [0, 0.05) is 71.7 Å². The molecule has 3 nitrogen and oxygen atoms in total. The monoisotopic (exact) mass is 644 g/mol. The number of rotatable bonds is 5. The third-order valence-electron chi connectivity index (χ3n) is 9.53. The third-order valence-corrected chi connectivity index (χ3v) is 10.8. The van der Waals surface area contributed by atoms with Crippen LogP contribution in [0.15, 0.2) is 175 Å². The van der Waals surface area contributed by atoms with E-state index in [4.69, 9.17) is 4.42 Å². The molecular formula is C45H28N2OS. The van der Waals surface area contributed by atoms with Crippen molar-refractivity contribution in [2.24, 2.45) is 0 Å². The van der Waals surface area contributed by atoms with Crippen LogP contribution in [0, 0.1) is 0 Å². The maximum Gasteiger partial charge on any atom is 0.138 e. The van der Waals surface area contributed by atoms with Crippen molar-refractivity contribution in [3.05, 3.63) is 170 Å². The van der Waals surface area contributed by atoms with E-state index in [9.17, 15) is 0 Å². The van der Waals surface area contributed by atoms with E-state index < -0.39 is 0 Å². The number of hydrogen-bond donors (Lipinski definition) is 0. The van der Waals surface area contributed by atoms with Gasteiger partial charge in [0.15, 0.2) is 0 Å². The average Bonchev–Trinajstić information content (AvgIpc) is 3.75. The molecular weight excluding hydrogens is 617 g/mol. The maximum absolute atomic E-state index is 6.71. The lowest BCUT2D eigenvalue weighted by Gasteiger charge is -2.27. The Morgan fingerprint density at radius 2 is 1.20 bits per heavy atom. The summed E-state index contributed by atoms with van der Waals surface area (Å²) in [6, 6.07) is 56.2. The molecule has 49 heavy (non-hydrogen) atoms. The van der Waals surface area contributed by atoms with Crippen LogP contribution < -0.4 is 4.90 Å². The third kappa shape index (κ3) is 4.46. The lowest BCUT2D eigenvalue weighted by molar-refractivity contribution is 0.669. The molecule has 0 saturated carbocycles. The second kappa shape index (κ2) is 11.2. The summed E-state index contributed by atoms with van der Waals surface area (Å²) in [5.41, 5.74) is 9.56. The van der Waals surface area contributed by atoms with Gasteiger partial charge in [0.1, 0.15) is 11.2 Å². The van der Waals surface area contributed by atoms with Crippen LogP contribution in [-0.4, -0.2) is 4.98 Å². The Morgan fingerprint density at radius 1 is 0.490 bits per heavy atom. The molecule has 0 spiro atoms. The van der Waals surface area contributed by atoms with Crippen molar-refractivity contribution >= 4 is 81.3 Å². The van der Waals surface area contributed by atoms with Crippen molar-refractivity contribution in [1.82, 2.24) is 4.98 Å². The molecule has 0 fully saturated rings. The van der Waals surface area contributed by atoms with Gasteiger partial charge in [-0.3, -0.25) is 4.98 Å². The Bertz CT molecular complexity index is 2840. The molecule has 0 amide bonds. The van der Waals surface area contributed by atoms with E-state index in [0.717, 1.165) is 60.9 Å². The minimum absolute atomic E-state index is 0.854. The smallest absolute Gasteiger partial charge is 0.138 e. The van der Waals surface area contributed by atoms with E-state index in [1.807, 2.05) is 29.8 Å². The first kappa shape index (κ1) is 27.8. The van der Waals surface area contributed by atoms with Crippen LogP contribution in [-0.2, 0) is 0 Å². The van der Waals surface area contributed by atoms with Crippen molar-refractivity contribution in [2.45, 2.75) is 0 Å². The highest BCUT2D eigenvalue weighted by atomic mass is 32.1. The van der Waals surface area contributed by atoms with Crippen molar-refractivity contribution in [3.63, 3.8) is 0 Å². The van der Waals surface area contributed by atoms with Crippen molar-refractivity contribution in [1.29, 1.82) is 0 Å². The summed E-state index contributed by atoms with van der Waals surface area (Å²) in [6.45, 7) is 0. The minimum Gasteiger partial charge on any atom is -0.456 e. The predicted molar refractivity (Wildman–Crippen MR) is 207 cm³/mol. The van der Waals surface area contributed by atoms with Gasteiger partial charge in [-0.15, -0.1) is 11.3 Å². The largest absolute Gasteiger partial charge is 0.456 e. The molecule has 0 aliphatic rings. The maximum atomic E-state index is 6.71. The molecule has 7 aromatic carbocycles. The molecule has 0 atom stereocenters. The minimum atomic E-state index is 0.854. The molecule has 0 radical (unpaired) electrons. The van der Waals surface area contributed by atoms with Crippen LogP contribution >= 0.6 is 11.3 Å². The van der Waals surface area contributed by atoms with Gasteiger partial charge in [-0.05, 0) is 64.5 Å². The highest BCUT2D eigenvalue weighted by Gasteiger charge is 2.22. The topological polar surface area (TPSA) is 29.3 Å². The molecule has 230 valence electrons. The number of thiophene rings is 1. The first-order valence-electron chi connectivity index (χ1n) is 16.4. The number of furan rings is 1. The van der Waals surface area contributed by atoms with Crippen molar-refractivity contribution in [2.75, 3.05) is 4.90 Å². The van der Waals surface area contributed by atoms with Gasteiger partial charge in [0.25, 0.3) is 0 Å². The number of benzene rings is 7. The summed E-state index contributed by atoms with van der Waals surface area (Å²) in [4.78, 5) is 6.79. The Morgan fingerprint density at radius 3 is 2.08 bits per heavy atom. The Labute approximate surface area is 286 Å². The summed E-state index contributed by atoms with van der Waals surface area (Å²) in [5, 5.41) is 7.14. The van der Waals surface area contributed by atoms with Crippen LogP contribution in [0.3, 0.4) is 0 Å². The van der Waals surface area contributed by atoms with E-state index in [1.165, 1.54) is 31.3 Å². The predicted octanol–water partition coefficient (Wildman–Crippen LogP) is 13.3. The number of fused-ring (bicyclic) bond motifs is 8. The van der Waals surface area contributed by atoms with Crippen LogP contribution in [0.5, 0.6) is 0 Å². The molecule has 0 saturated heterocycles.